The number of nitrogens with one attached hydrogen (secondary N) is 2. The highest BCUT2D eigenvalue weighted by Gasteiger charge is 2.20. The van der Waals surface area contributed by atoms with Crippen LogP contribution < -0.4 is 15.4 Å². The van der Waals surface area contributed by atoms with Crippen molar-refractivity contribution in [2.75, 3.05) is 18.4 Å². The Kier molecular flexibility index (Phi) is 8.35. The van der Waals surface area contributed by atoms with Crippen LogP contribution in [0.15, 0.2) is 72.8 Å². The smallest absolute Gasteiger partial charge is 0.227 e. The number of carbonyl (C=O) groups is 1. The van der Waals surface area contributed by atoms with E-state index >= 15 is 0 Å². The summed E-state index contributed by atoms with van der Waals surface area (Å²) in [5, 5.41) is 7.04. The number of ether oxygens (including phenoxy) is 1. The van der Waals surface area contributed by atoms with Gasteiger partial charge in [-0.25, -0.2) is 0 Å². The van der Waals surface area contributed by atoms with E-state index in [0.717, 1.165) is 59.1 Å². The van der Waals surface area contributed by atoms with Gasteiger partial charge in [-0.1, -0.05) is 54.1 Å². The fourth-order valence-electron chi connectivity index (χ4n) is 3.59. The molecule has 1 amide bonds. The summed E-state index contributed by atoms with van der Waals surface area (Å²) in [4.78, 5) is 12.4. The van der Waals surface area contributed by atoms with Crippen molar-refractivity contribution in [2.24, 2.45) is 5.92 Å². The van der Waals surface area contributed by atoms with Crippen LogP contribution in [-0.4, -0.2) is 19.0 Å². The lowest BCUT2D eigenvalue weighted by Gasteiger charge is -2.21. The molecule has 0 bridgehead atoms. The molecule has 1 heterocycles. The van der Waals surface area contributed by atoms with E-state index in [1.54, 1.807) is 0 Å². The summed E-state index contributed by atoms with van der Waals surface area (Å²) in [6.07, 6.45) is 1.77. The first-order valence-electron chi connectivity index (χ1n) is 10.3. The van der Waals surface area contributed by atoms with Crippen LogP contribution in [0.3, 0.4) is 0 Å². The summed E-state index contributed by atoms with van der Waals surface area (Å²) in [6, 6.07) is 23.7. The third-order valence-corrected chi connectivity index (χ3v) is 5.60. The Bertz CT molecular complexity index is 985. The van der Waals surface area contributed by atoms with Gasteiger partial charge in [0.1, 0.15) is 12.4 Å². The number of piperidine rings is 1. The highest BCUT2D eigenvalue weighted by molar-refractivity contribution is 6.30. The van der Waals surface area contributed by atoms with Gasteiger partial charge in [0.25, 0.3) is 0 Å². The lowest BCUT2D eigenvalue weighted by Crippen LogP contribution is -2.34. The number of halogens is 2. The number of carbonyl (C=O) groups excluding carboxylic acids is 1. The number of benzene rings is 3. The minimum absolute atomic E-state index is 0. The van der Waals surface area contributed by atoms with E-state index in [4.69, 9.17) is 16.3 Å². The van der Waals surface area contributed by atoms with E-state index in [2.05, 4.69) is 34.9 Å². The largest absolute Gasteiger partial charge is 0.489 e. The minimum atomic E-state index is 0. The van der Waals surface area contributed by atoms with E-state index in [9.17, 15) is 4.79 Å². The summed E-state index contributed by atoms with van der Waals surface area (Å²) in [6.45, 7) is 2.27. The molecule has 1 fully saturated rings. The maximum atomic E-state index is 12.4. The first kappa shape index (κ1) is 23.1. The van der Waals surface area contributed by atoms with E-state index in [0.29, 0.717) is 6.61 Å². The quantitative estimate of drug-likeness (QED) is 0.481. The molecule has 0 aliphatic carbocycles. The summed E-state index contributed by atoms with van der Waals surface area (Å²) < 4.78 is 5.94. The predicted octanol–water partition coefficient (Wildman–Crippen LogP) is 5.95. The van der Waals surface area contributed by atoms with Gasteiger partial charge in [0.15, 0.2) is 0 Å². The Morgan fingerprint density at radius 1 is 0.968 bits per heavy atom. The van der Waals surface area contributed by atoms with E-state index < -0.39 is 0 Å². The van der Waals surface area contributed by atoms with E-state index in [-0.39, 0.29) is 24.2 Å². The molecular formula is C25H26Cl2N2O2. The lowest BCUT2D eigenvalue weighted by atomic mass is 9.97. The van der Waals surface area contributed by atoms with Gasteiger partial charge in [0, 0.05) is 22.7 Å². The normalized spacial score (nSPS) is 13.8. The van der Waals surface area contributed by atoms with E-state index in [1.807, 2.05) is 48.5 Å². The summed E-state index contributed by atoms with van der Waals surface area (Å²) in [5.41, 5.74) is 4.12. The average molecular weight is 457 g/mol. The average Bonchev–Trinajstić information content (AvgIpc) is 2.79. The summed E-state index contributed by atoms with van der Waals surface area (Å²) in [5.74, 6) is 0.904. The summed E-state index contributed by atoms with van der Waals surface area (Å²) in [7, 11) is 0. The molecule has 4 nitrogen and oxygen atoms in total. The topological polar surface area (TPSA) is 50.4 Å². The molecule has 0 unspecified atom stereocenters. The molecule has 162 valence electrons. The van der Waals surface area contributed by atoms with Crippen molar-refractivity contribution in [2.45, 2.75) is 19.4 Å². The van der Waals surface area contributed by atoms with Gasteiger partial charge in [-0.15, -0.1) is 12.4 Å². The minimum Gasteiger partial charge on any atom is -0.489 e. The molecule has 1 aliphatic rings. The van der Waals surface area contributed by atoms with Crippen LogP contribution in [0.4, 0.5) is 5.69 Å². The van der Waals surface area contributed by atoms with Gasteiger partial charge in [-0.3, -0.25) is 4.79 Å². The Morgan fingerprint density at radius 2 is 1.61 bits per heavy atom. The van der Waals surface area contributed by atoms with Crippen LogP contribution in [0.1, 0.15) is 18.4 Å². The fraction of sp³-hybridized carbons (Fsp3) is 0.240. The van der Waals surface area contributed by atoms with Crippen LogP contribution in [0.5, 0.6) is 5.75 Å². The third kappa shape index (κ3) is 6.47. The maximum absolute atomic E-state index is 12.4. The lowest BCUT2D eigenvalue weighted by molar-refractivity contribution is -0.120. The molecule has 31 heavy (non-hydrogen) atoms. The van der Waals surface area contributed by atoms with Crippen LogP contribution in [0, 0.1) is 5.92 Å². The molecule has 0 saturated carbocycles. The van der Waals surface area contributed by atoms with Gasteiger partial charge in [0.2, 0.25) is 5.91 Å². The van der Waals surface area contributed by atoms with Gasteiger partial charge >= 0.3 is 0 Å². The van der Waals surface area contributed by atoms with Crippen LogP contribution in [0.2, 0.25) is 5.02 Å². The second kappa shape index (κ2) is 11.2. The van der Waals surface area contributed by atoms with Crippen molar-refractivity contribution < 1.29 is 9.53 Å². The van der Waals surface area contributed by atoms with Crippen molar-refractivity contribution in [3.63, 3.8) is 0 Å². The van der Waals surface area contributed by atoms with Crippen molar-refractivity contribution in [3.05, 3.63) is 83.4 Å². The molecule has 2 N–H and O–H groups in total. The van der Waals surface area contributed by atoms with Crippen LogP contribution >= 0.6 is 24.0 Å². The van der Waals surface area contributed by atoms with Gasteiger partial charge in [-0.05, 0) is 66.9 Å². The first-order valence-corrected chi connectivity index (χ1v) is 10.6. The standard InChI is InChI=1S/C25H25ClN2O2.ClH/c26-22-10-8-20(9-11-22)19-6-4-18(5-7-19)17-30-24-3-1-2-23(16-24)28-25(29)21-12-14-27-15-13-21;/h1-11,16,21,27H,12-15,17H2,(H,28,29);1H. The van der Waals surface area contributed by atoms with E-state index in [1.165, 1.54) is 0 Å². The number of anilines is 1. The Labute approximate surface area is 194 Å². The predicted molar refractivity (Wildman–Crippen MR) is 129 cm³/mol. The maximum Gasteiger partial charge on any atom is 0.227 e. The Balaban J connectivity index is 0.00000272. The zero-order chi connectivity index (χ0) is 20.8. The SMILES string of the molecule is Cl.O=C(Nc1cccc(OCc2ccc(-c3ccc(Cl)cc3)cc2)c1)C1CCNCC1. The molecule has 0 spiro atoms. The first-order chi connectivity index (χ1) is 14.7. The molecule has 0 aromatic heterocycles. The highest BCUT2D eigenvalue weighted by atomic mass is 35.5. The fourth-order valence-corrected chi connectivity index (χ4v) is 3.72. The summed E-state index contributed by atoms with van der Waals surface area (Å²) >= 11 is 5.96. The zero-order valence-corrected chi connectivity index (χ0v) is 18.7. The van der Waals surface area contributed by atoms with Crippen molar-refractivity contribution in [1.29, 1.82) is 0 Å². The van der Waals surface area contributed by atoms with Crippen molar-refractivity contribution >= 4 is 35.6 Å². The van der Waals surface area contributed by atoms with Gasteiger partial charge in [-0.2, -0.15) is 0 Å². The number of hydrogen-bond acceptors (Lipinski definition) is 3. The molecule has 1 saturated heterocycles. The van der Waals surface area contributed by atoms with Crippen LogP contribution in [0.25, 0.3) is 11.1 Å². The molecule has 1 aliphatic heterocycles. The molecule has 0 radical (unpaired) electrons. The van der Waals surface area contributed by atoms with Crippen molar-refractivity contribution in [3.8, 4) is 16.9 Å². The molecule has 4 rings (SSSR count). The molecule has 0 atom stereocenters. The monoisotopic (exact) mass is 456 g/mol. The molecule has 6 heteroatoms. The second-order valence-electron chi connectivity index (χ2n) is 7.53. The van der Waals surface area contributed by atoms with Gasteiger partial charge in [0.05, 0.1) is 0 Å². The van der Waals surface area contributed by atoms with Crippen LogP contribution in [-0.2, 0) is 11.4 Å². The second-order valence-corrected chi connectivity index (χ2v) is 7.97. The van der Waals surface area contributed by atoms with Gasteiger partial charge < -0.3 is 15.4 Å². The Morgan fingerprint density at radius 3 is 2.29 bits per heavy atom. The Hall–Kier alpha value is -2.53. The number of amides is 1. The molecule has 3 aromatic carbocycles. The molecular weight excluding hydrogens is 431 g/mol. The van der Waals surface area contributed by atoms with Crippen molar-refractivity contribution in [1.82, 2.24) is 5.32 Å². The highest BCUT2D eigenvalue weighted by Crippen LogP contribution is 2.24. The number of hydrogen-bond donors (Lipinski definition) is 2. The molecule has 3 aromatic rings. The third-order valence-electron chi connectivity index (χ3n) is 5.35. The number of rotatable bonds is 6. The zero-order valence-electron chi connectivity index (χ0n) is 17.1.